The first kappa shape index (κ1) is 81.8. The van der Waals surface area contributed by atoms with Gasteiger partial charge < -0.3 is 86.8 Å². The smallest absolute Gasteiger partial charge is 0.158 e. The van der Waals surface area contributed by atoms with Gasteiger partial charge in [0.15, 0.2) is 11.5 Å². The van der Waals surface area contributed by atoms with Gasteiger partial charge in [0.05, 0.1) is 5.39 Å². The lowest BCUT2D eigenvalue weighted by molar-refractivity contribution is 0.405. The van der Waals surface area contributed by atoms with Crippen LogP contribution >= 0.6 is 0 Å². The van der Waals surface area contributed by atoms with Crippen molar-refractivity contribution in [3.8, 4) is 120 Å². The number of fused-ring (bicyclic) bond motifs is 9. The van der Waals surface area contributed by atoms with Crippen molar-refractivity contribution in [2.45, 2.75) is 0 Å². The van der Waals surface area contributed by atoms with Gasteiger partial charge in [-0.05, 0) is 228 Å². The van der Waals surface area contributed by atoms with Crippen molar-refractivity contribution in [1.29, 1.82) is 0 Å². The Morgan fingerprint density at radius 1 is 0.118 bits per heavy atom. The Bertz CT molecular complexity index is 6680. The fraction of sp³-hybridized carbons (Fsp3) is 0. The number of hydrogen-bond acceptors (Lipinski definition) is 17. The first-order chi connectivity index (χ1) is 57.5. The summed E-state index contributed by atoms with van der Waals surface area (Å²) in [5, 5.41) is 174. The Labute approximate surface area is 682 Å². The fourth-order valence-corrected chi connectivity index (χ4v) is 13.0. The molecule has 0 unspecified atom stereocenters. The van der Waals surface area contributed by atoms with E-state index in [0.29, 0.717) is 27.3 Å². The molecular formula is C102H80O17. The maximum Gasteiger partial charge on any atom is 0.158 e. The highest BCUT2D eigenvalue weighted by Gasteiger charge is 2.11. The van der Waals surface area contributed by atoms with Crippen LogP contribution in [0.5, 0.6) is 97.7 Å². The molecule has 17 heteroatoms. The number of phenolic OH excluding ortho intramolecular Hbond substituents is 17. The Morgan fingerprint density at radius 3 is 0.899 bits per heavy atom. The van der Waals surface area contributed by atoms with Gasteiger partial charge in [0.1, 0.15) is 86.2 Å². The molecule has 590 valence electrons. The van der Waals surface area contributed by atoms with Crippen molar-refractivity contribution in [2.75, 3.05) is 0 Å². The molecule has 17 nitrogen and oxygen atoms in total. The highest BCUT2D eigenvalue weighted by Crippen LogP contribution is 2.40. The van der Waals surface area contributed by atoms with Gasteiger partial charge in [0.25, 0.3) is 0 Å². The number of aromatic hydroxyl groups is 17. The van der Waals surface area contributed by atoms with Crippen molar-refractivity contribution in [3.05, 3.63) is 382 Å². The van der Waals surface area contributed by atoms with Crippen LogP contribution in [0, 0.1) is 0 Å². The van der Waals surface area contributed by atoms with Gasteiger partial charge in [0.2, 0.25) is 0 Å². The molecular weight excluding hydrogens is 1500 g/mol. The Hall–Kier alpha value is -16.7. The minimum Gasteiger partial charge on any atom is -0.508 e. The van der Waals surface area contributed by atoms with Gasteiger partial charge in [-0.2, -0.15) is 0 Å². The summed E-state index contributed by atoms with van der Waals surface area (Å²) < 4.78 is 0. The average Bonchev–Trinajstić information content (AvgIpc) is 0.790. The van der Waals surface area contributed by atoms with Crippen LogP contribution in [0.25, 0.3) is 119 Å². The van der Waals surface area contributed by atoms with E-state index in [2.05, 4.69) is 12.1 Å². The SMILES string of the molecule is Oc1cc2cccc(O)c2cc1-c1ccccc1.Oc1cc2ccccc2cc1O.Oc1ccc(-c2ccccc2)c2ccccc12.Oc1ccc2c(O)cccc2c1.Oc1ccc2cc(O)ccc2c1.Oc1ccc2ccc(O)cc2c1.Oc1ccc2cccc(O)c2c1.Oc1cccc2c(O)cccc12.Oc1cccc2cccc(O)c12. The minimum atomic E-state index is -0.0753. The van der Waals surface area contributed by atoms with Crippen LogP contribution in [0.4, 0.5) is 0 Å². The van der Waals surface area contributed by atoms with Crippen LogP contribution < -0.4 is 0 Å². The van der Waals surface area contributed by atoms with Gasteiger partial charge >= 0.3 is 0 Å². The normalized spacial score (nSPS) is 10.4. The highest BCUT2D eigenvalue weighted by atomic mass is 16.3. The van der Waals surface area contributed by atoms with Crippen LogP contribution in [0.2, 0.25) is 0 Å². The zero-order valence-corrected chi connectivity index (χ0v) is 63.5. The standard InChI is InChI=1S/C16H12O2.C16H12O.7C10H8O2/c17-15-8-4-7-12-9-16(18)13(10-14(12)15)11-5-2-1-3-6-11;17-16-11-10-13(12-6-2-1-3-7-12)14-8-4-5-9-15(14)16;11-9-3-1-7-5-10(12)4-2-8(7)6-9;11-9-3-1-7-2-4-10(12)6-8(7)5-9;11-9-5-1-3-7-8(9)4-2-6-10(7)12;11-8-5-1-3-7-4-2-6-9(12)10(7)8;11-8-4-5-9-7(6-8)2-1-3-10(9)12;11-8-5-4-7-2-1-3-10(12)9(7)6-8;11-9-5-7-3-1-2-4-8(7)6-10(9)12/h1-10,17-18H;1-11,17H;7*1-6,11-12H. The quantitative estimate of drug-likeness (QED) is 0.0715. The third-order valence-corrected chi connectivity index (χ3v) is 18.9. The summed E-state index contributed by atoms with van der Waals surface area (Å²) in [6.45, 7) is 0. The van der Waals surface area contributed by atoms with Crippen molar-refractivity contribution < 1.29 is 86.8 Å². The van der Waals surface area contributed by atoms with Crippen LogP contribution in [-0.4, -0.2) is 86.8 Å². The van der Waals surface area contributed by atoms with Gasteiger partial charge in [-0.3, -0.25) is 0 Å². The predicted octanol–water partition coefficient (Wildman–Crippen LogP) is 23.9. The summed E-state index contributed by atoms with van der Waals surface area (Å²) in [6.07, 6.45) is 0. The fourth-order valence-electron chi connectivity index (χ4n) is 13.0. The molecule has 20 aromatic rings. The number of rotatable bonds is 2. The van der Waals surface area contributed by atoms with E-state index in [-0.39, 0.29) is 92.0 Å². The number of benzene rings is 20. The molecule has 20 rings (SSSR count). The van der Waals surface area contributed by atoms with Gasteiger partial charge in [0, 0.05) is 37.9 Å². The van der Waals surface area contributed by atoms with Gasteiger partial charge in [-0.1, -0.05) is 231 Å². The molecule has 0 aliphatic carbocycles. The summed E-state index contributed by atoms with van der Waals surface area (Å²) in [5.41, 5.74) is 3.98. The zero-order valence-electron chi connectivity index (χ0n) is 63.5. The third kappa shape index (κ3) is 21.0. The van der Waals surface area contributed by atoms with E-state index in [4.69, 9.17) is 40.9 Å². The summed E-state index contributed by atoms with van der Waals surface area (Å²) in [7, 11) is 0. The molecule has 0 aromatic heterocycles. The van der Waals surface area contributed by atoms with Crippen LogP contribution in [0.15, 0.2) is 382 Å². The maximum atomic E-state index is 10.1. The average molecular weight is 1580 g/mol. The van der Waals surface area contributed by atoms with E-state index in [0.717, 1.165) is 92.1 Å². The van der Waals surface area contributed by atoms with Crippen molar-refractivity contribution >= 4 is 97.0 Å². The van der Waals surface area contributed by atoms with Crippen LogP contribution in [0.3, 0.4) is 0 Å². The molecule has 0 radical (unpaired) electrons. The molecule has 0 saturated carbocycles. The monoisotopic (exact) mass is 1580 g/mol. The van der Waals surface area contributed by atoms with Crippen LogP contribution in [0.1, 0.15) is 0 Å². The second-order valence-electron chi connectivity index (χ2n) is 27.1. The molecule has 0 bridgehead atoms. The summed E-state index contributed by atoms with van der Waals surface area (Å²) in [4.78, 5) is 0. The second kappa shape index (κ2) is 38.2. The van der Waals surface area contributed by atoms with Crippen LogP contribution in [-0.2, 0) is 0 Å². The summed E-state index contributed by atoms with van der Waals surface area (Å²) in [6, 6.07) is 112. The molecule has 119 heavy (non-hydrogen) atoms. The van der Waals surface area contributed by atoms with Crippen molar-refractivity contribution in [1.82, 2.24) is 0 Å². The molecule has 0 aliphatic heterocycles. The van der Waals surface area contributed by atoms with Crippen molar-refractivity contribution in [3.63, 3.8) is 0 Å². The van der Waals surface area contributed by atoms with Gasteiger partial charge in [-0.25, -0.2) is 0 Å². The molecule has 0 fully saturated rings. The number of phenols is 17. The first-order valence-electron chi connectivity index (χ1n) is 37.1. The molecule has 17 N–H and O–H groups in total. The third-order valence-electron chi connectivity index (χ3n) is 18.9. The second-order valence-corrected chi connectivity index (χ2v) is 27.1. The molecule has 0 saturated heterocycles. The molecule has 0 atom stereocenters. The maximum absolute atomic E-state index is 10.1. The van der Waals surface area contributed by atoms with Gasteiger partial charge in [-0.15, -0.1) is 0 Å². The Balaban J connectivity index is 0.000000123. The van der Waals surface area contributed by atoms with E-state index in [9.17, 15) is 46.0 Å². The largest absolute Gasteiger partial charge is 0.508 e. The Morgan fingerprint density at radius 2 is 0.412 bits per heavy atom. The van der Waals surface area contributed by atoms with E-state index < -0.39 is 0 Å². The summed E-state index contributed by atoms with van der Waals surface area (Å²) in [5.74, 6) is 3.00. The lowest BCUT2D eigenvalue weighted by Crippen LogP contribution is -1.81. The predicted molar refractivity (Wildman–Crippen MR) is 475 cm³/mol. The minimum absolute atomic E-state index is 0.0753. The molecule has 20 aromatic carbocycles. The van der Waals surface area contributed by atoms with E-state index in [1.54, 1.807) is 218 Å². The van der Waals surface area contributed by atoms with E-state index >= 15 is 0 Å². The van der Waals surface area contributed by atoms with Crippen molar-refractivity contribution in [2.24, 2.45) is 0 Å². The lowest BCUT2D eigenvalue weighted by Gasteiger charge is -2.08. The molecule has 0 amide bonds. The lowest BCUT2D eigenvalue weighted by atomic mass is 9.98. The van der Waals surface area contributed by atoms with E-state index in [1.807, 2.05) is 152 Å². The highest BCUT2D eigenvalue weighted by molar-refractivity contribution is 6.01. The topological polar surface area (TPSA) is 344 Å². The first-order valence-corrected chi connectivity index (χ1v) is 37.1. The molecule has 0 heterocycles. The molecule has 0 aliphatic rings. The number of hydrogen-bond donors (Lipinski definition) is 17. The summed E-state index contributed by atoms with van der Waals surface area (Å²) >= 11 is 0. The van der Waals surface area contributed by atoms with E-state index in [1.165, 1.54) is 5.56 Å². The Kier molecular flexibility index (Phi) is 26.3. The molecule has 0 spiro atoms. The zero-order chi connectivity index (χ0) is 84.1.